The van der Waals surface area contributed by atoms with E-state index in [1.807, 2.05) is 0 Å². The van der Waals surface area contributed by atoms with Crippen LogP contribution in [-0.2, 0) is 29.1 Å². The highest BCUT2D eigenvalue weighted by Crippen LogP contribution is 2.57. The Kier molecular flexibility index (Phi) is 7.36. The quantitative estimate of drug-likeness (QED) is 0.227. The first-order valence-electron chi connectivity index (χ1n) is 7.40. The number of H-pyrrole nitrogens is 1. The van der Waals surface area contributed by atoms with Crippen LogP contribution in [0.4, 0.5) is 0 Å². The predicted octanol–water partition coefficient (Wildman–Crippen LogP) is -0.651. The van der Waals surface area contributed by atoms with Gasteiger partial charge in [-0.15, -0.1) is 0 Å². The number of nitrogens with one attached hydrogen (secondary N) is 1. The first-order valence-corrected chi connectivity index (χ1v) is 11.5. The fourth-order valence-corrected chi connectivity index (χ4v) is 4.41. The number of aromatic amines is 1. The molecule has 16 heteroatoms. The summed E-state index contributed by atoms with van der Waals surface area (Å²) >= 11 is 3.18. The highest BCUT2D eigenvalue weighted by atomic mass is 79.9. The van der Waals surface area contributed by atoms with Crippen LogP contribution in [0.5, 0.6) is 0 Å². The van der Waals surface area contributed by atoms with E-state index in [0.717, 1.165) is 4.57 Å². The van der Waals surface area contributed by atoms with Crippen LogP contribution in [0.2, 0.25) is 0 Å². The van der Waals surface area contributed by atoms with Gasteiger partial charge in [0.25, 0.3) is 5.56 Å². The lowest BCUT2D eigenvalue weighted by Crippen LogP contribution is -2.34. The van der Waals surface area contributed by atoms with Crippen molar-refractivity contribution in [2.24, 2.45) is 0 Å². The Bertz CT molecular complexity index is 880. The van der Waals surface area contributed by atoms with Crippen LogP contribution in [0.1, 0.15) is 18.2 Å². The third kappa shape index (κ3) is 6.43. The summed E-state index contributed by atoms with van der Waals surface area (Å²) in [6.07, 6.45) is -1.87. The molecule has 0 saturated carbocycles. The fourth-order valence-electron chi connectivity index (χ4n) is 2.38. The van der Waals surface area contributed by atoms with Gasteiger partial charge in [-0.2, -0.15) is 4.31 Å². The summed E-state index contributed by atoms with van der Waals surface area (Å²) in [6.45, 7) is -0.738. The van der Waals surface area contributed by atoms with E-state index < -0.39 is 51.9 Å². The van der Waals surface area contributed by atoms with E-state index >= 15 is 0 Å². The van der Waals surface area contributed by atoms with Crippen LogP contribution < -0.4 is 11.2 Å². The van der Waals surface area contributed by atoms with Crippen LogP contribution in [0, 0.1) is 0 Å². The van der Waals surface area contributed by atoms with E-state index in [1.54, 1.807) is 0 Å². The summed E-state index contributed by atoms with van der Waals surface area (Å²) in [5.74, 6) is 0. The van der Waals surface area contributed by atoms with Crippen LogP contribution in [0.15, 0.2) is 15.8 Å². The van der Waals surface area contributed by atoms with Gasteiger partial charge in [0.15, 0.2) is 0 Å². The van der Waals surface area contributed by atoms with Crippen LogP contribution in [0.3, 0.4) is 0 Å². The summed E-state index contributed by atoms with van der Waals surface area (Å²) in [7, 11) is -10.4. The lowest BCUT2D eigenvalue weighted by Gasteiger charge is -2.18. The Balaban J connectivity index is 2.09. The molecule has 1 aromatic heterocycles. The number of aromatic nitrogens is 2. The molecule has 0 aromatic carbocycles. The number of phosphoric ester groups is 1. The van der Waals surface area contributed by atoms with E-state index in [0.29, 0.717) is 17.3 Å². The maximum Gasteiger partial charge on any atom is 0.481 e. The number of phosphoric acid groups is 2. The maximum atomic E-state index is 12.0. The highest BCUT2D eigenvalue weighted by Gasteiger charge is 2.39. The molecule has 1 aromatic rings. The summed E-state index contributed by atoms with van der Waals surface area (Å²) in [5.41, 5.74) is -1.01. The van der Waals surface area contributed by atoms with Crippen molar-refractivity contribution >= 4 is 31.6 Å². The number of nitrogens with zero attached hydrogens (tertiary/aromatic N) is 1. The molecule has 0 bridgehead atoms. The molecule has 154 valence electrons. The van der Waals surface area contributed by atoms with Gasteiger partial charge in [-0.25, -0.2) is 13.9 Å². The minimum atomic E-state index is -5.27. The zero-order chi connectivity index (χ0) is 20.4. The fraction of sp³-hybridized carbons (Fsp3) is 0.636. The molecule has 0 aliphatic carbocycles. The van der Waals surface area contributed by atoms with Crippen molar-refractivity contribution < 1.29 is 42.5 Å². The zero-order valence-electron chi connectivity index (χ0n) is 13.5. The average Bonchev–Trinajstić information content (AvgIpc) is 2.86. The Morgan fingerprint density at radius 2 is 2.00 bits per heavy atom. The second-order valence-corrected chi connectivity index (χ2v) is 9.15. The molecule has 2 rings (SSSR count). The summed E-state index contributed by atoms with van der Waals surface area (Å²) in [4.78, 5) is 52.1. The minimum absolute atomic E-state index is 0.0944. The maximum absolute atomic E-state index is 12.0. The van der Waals surface area contributed by atoms with Crippen LogP contribution >= 0.6 is 31.6 Å². The van der Waals surface area contributed by atoms with Crippen molar-refractivity contribution in [2.75, 3.05) is 11.9 Å². The van der Waals surface area contributed by atoms with E-state index in [1.165, 1.54) is 6.20 Å². The molecule has 1 saturated heterocycles. The van der Waals surface area contributed by atoms with Crippen molar-refractivity contribution in [3.05, 3.63) is 32.6 Å². The van der Waals surface area contributed by atoms with E-state index in [-0.39, 0.29) is 6.42 Å². The third-order valence-electron chi connectivity index (χ3n) is 3.53. The molecule has 1 aliphatic heterocycles. The smallest absolute Gasteiger partial charge is 0.390 e. The number of alkyl halides is 1. The van der Waals surface area contributed by atoms with Crippen LogP contribution in [0.25, 0.3) is 0 Å². The van der Waals surface area contributed by atoms with Crippen molar-refractivity contribution in [1.82, 2.24) is 9.55 Å². The average molecular weight is 495 g/mol. The molecule has 0 spiro atoms. The Labute approximate surface area is 159 Å². The van der Waals surface area contributed by atoms with Crippen molar-refractivity contribution in [1.29, 1.82) is 0 Å². The Morgan fingerprint density at radius 1 is 1.33 bits per heavy atom. The molecule has 1 aliphatic rings. The lowest BCUT2D eigenvalue weighted by atomic mass is 10.2. The number of ether oxygens (including phenoxy) is 1. The van der Waals surface area contributed by atoms with E-state index in [2.05, 4.69) is 29.7 Å². The van der Waals surface area contributed by atoms with Crippen LogP contribution in [-0.4, -0.2) is 53.5 Å². The first-order chi connectivity index (χ1) is 12.4. The summed E-state index contributed by atoms with van der Waals surface area (Å²) in [5, 5.41) is 10.5. The van der Waals surface area contributed by atoms with Gasteiger partial charge in [0, 0.05) is 23.5 Å². The number of halogens is 1. The summed E-state index contributed by atoms with van der Waals surface area (Å²) in [6, 6.07) is 0. The number of aliphatic hydroxyl groups excluding tert-OH is 1. The van der Waals surface area contributed by atoms with Gasteiger partial charge in [-0.05, 0) is 6.42 Å². The molecular formula is C11H17BrN2O11P2. The Morgan fingerprint density at radius 3 is 2.59 bits per heavy atom. The van der Waals surface area contributed by atoms with E-state index in [9.17, 15) is 28.7 Å². The van der Waals surface area contributed by atoms with Crippen molar-refractivity contribution in [3.8, 4) is 0 Å². The number of aryl methyl sites for hydroxylation is 1. The molecular weight excluding hydrogens is 478 g/mol. The van der Waals surface area contributed by atoms with Crippen molar-refractivity contribution in [3.63, 3.8) is 0 Å². The normalized spacial score (nSPS) is 25.4. The standard InChI is InChI=1S/C11H17BrN2O11P2/c12-2-1-6-4-14(11(17)13-10(6)16)9-3-7(15)8(24-9)5-23-27(21,22)25-26(18,19)20/h4,7-9,15H,1-3,5H2,(H,21,22)(H,13,16,17)(H2,18,19,20)/t7-,8-,9-/m1/s1. The monoisotopic (exact) mass is 494 g/mol. The molecule has 4 atom stereocenters. The number of hydrogen-bond donors (Lipinski definition) is 5. The molecule has 1 fully saturated rings. The molecule has 0 radical (unpaired) electrons. The molecule has 2 heterocycles. The topological polar surface area (TPSA) is 198 Å². The first kappa shape index (κ1) is 22.6. The minimum Gasteiger partial charge on any atom is -0.390 e. The van der Waals surface area contributed by atoms with Gasteiger partial charge in [-0.1, -0.05) is 15.9 Å². The van der Waals surface area contributed by atoms with Gasteiger partial charge in [0.1, 0.15) is 12.3 Å². The van der Waals surface area contributed by atoms with Gasteiger partial charge in [-0.3, -0.25) is 18.9 Å². The molecule has 13 nitrogen and oxygen atoms in total. The SMILES string of the molecule is O=c1[nH]c(=O)n([C@H]2C[C@@H](O)[C@@H](COP(=O)(O)OP(=O)(O)O)O2)cc1CCBr. The summed E-state index contributed by atoms with van der Waals surface area (Å²) < 4.78 is 36.6. The second-order valence-electron chi connectivity index (χ2n) is 5.53. The number of hydrogen-bond acceptors (Lipinski definition) is 8. The molecule has 5 N–H and O–H groups in total. The van der Waals surface area contributed by atoms with Gasteiger partial charge in [0.2, 0.25) is 0 Å². The zero-order valence-corrected chi connectivity index (χ0v) is 16.9. The number of rotatable bonds is 8. The second kappa shape index (κ2) is 8.78. The Hall–Kier alpha value is -0.660. The number of aliphatic hydroxyl groups is 1. The van der Waals surface area contributed by atoms with Gasteiger partial charge in [0.05, 0.1) is 12.7 Å². The lowest BCUT2D eigenvalue weighted by molar-refractivity contribution is -0.0450. The molecule has 27 heavy (non-hydrogen) atoms. The molecule has 1 unspecified atom stereocenters. The predicted molar refractivity (Wildman–Crippen MR) is 92.3 cm³/mol. The van der Waals surface area contributed by atoms with Crippen molar-refractivity contribution in [2.45, 2.75) is 31.3 Å². The van der Waals surface area contributed by atoms with Gasteiger partial charge >= 0.3 is 21.3 Å². The third-order valence-corrected chi connectivity index (χ3v) is 6.08. The molecule has 0 amide bonds. The largest absolute Gasteiger partial charge is 0.481 e. The van der Waals surface area contributed by atoms with E-state index in [4.69, 9.17) is 14.5 Å². The van der Waals surface area contributed by atoms with Gasteiger partial charge < -0.3 is 24.5 Å². The highest BCUT2D eigenvalue weighted by molar-refractivity contribution is 9.09.